The summed E-state index contributed by atoms with van der Waals surface area (Å²) in [5.74, 6) is 0.843. The molecule has 3 aromatic rings. The lowest BCUT2D eigenvalue weighted by Crippen LogP contribution is -2.06. The number of hydrogen-bond acceptors (Lipinski definition) is 4. The van der Waals surface area contributed by atoms with Crippen LogP contribution in [0.2, 0.25) is 0 Å². The monoisotopic (exact) mass is 286 g/mol. The van der Waals surface area contributed by atoms with Crippen molar-refractivity contribution in [1.82, 2.24) is 14.9 Å². The molecule has 0 atom stereocenters. The maximum atomic E-state index is 12.9. The van der Waals surface area contributed by atoms with E-state index in [0.29, 0.717) is 23.0 Å². The second-order valence-corrected chi connectivity index (χ2v) is 5.08. The first-order chi connectivity index (χ1) is 10.0. The Morgan fingerprint density at radius 1 is 1.14 bits per heavy atom. The first kappa shape index (κ1) is 13.4. The summed E-state index contributed by atoms with van der Waals surface area (Å²) in [5.41, 5.74) is 7.92. The summed E-state index contributed by atoms with van der Waals surface area (Å²) in [6, 6.07) is 9.72. The number of nitrogens with zero attached hydrogens (tertiary/aromatic N) is 3. The number of halogens is 1. The first-order valence-corrected chi connectivity index (χ1v) is 6.62. The van der Waals surface area contributed by atoms with Crippen molar-refractivity contribution < 1.29 is 8.91 Å². The Hall–Kier alpha value is -2.63. The van der Waals surface area contributed by atoms with Crippen molar-refractivity contribution >= 4 is 5.82 Å². The van der Waals surface area contributed by atoms with Gasteiger partial charge in [-0.05, 0) is 38.1 Å². The zero-order chi connectivity index (χ0) is 15.0. The molecule has 0 bridgehead atoms. The van der Waals surface area contributed by atoms with Crippen LogP contribution in [-0.2, 0) is 0 Å². The van der Waals surface area contributed by atoms with Crippen molar-refractivity contribution in [3.63, 3.8) is 0 Å². The molecule has 0 spiro atoms. The molecule has 5 nitrogen and oxygen atoms in total. The Morgan fingerprint density at radius 3 is 2.48 bits per heavy atom. The molecule has 2 N–H and O–H groups in total. The van der Waals surface area contributed by atoms with Crippen LogP contribution >= 0.6 is 0 Å². The van der Waals surface area contributed by atoms with E-state index >= 15 is 0 Å². The van der Waals surface area contributed by atoms with E-state index in [9.17, 15) is 4.39 Å². The molecule has 2 aromatic heterocycles. The van der Waals surface area contributed by atoms with Crippen molar-refractivity contribution in [1.29, 1.82) is 0 Å². The van der Waals surface area contributed by atoms with Gasteiger partial charge in [0.05, 0.1) is 0 Å². The molecule has 0 fully saturated rings. The first-order valence-electron chi connectivity index (χ1n) is 6.62. The Balaban J connectivity index is 1.94. The molecule has 1 aromatic carbocycles. The molecule has 0 unspecified atom stereocenters. The van der Waals surface area contributed by atoms with Crippen molar-refractivity contribution in [2.24, 2.45) is 0 Å². The molecule has 0 radical (unpaired) electrons. The van der Waals surface area contributed by atoms with Crippen LogP contribution in [0.1, 0.15) is 19.9 Å². The highest BCUT2D eigenvalue weighted by molar-refractivity contribution is 5.65. The predicted molar refractivity (Wildman–Crippen MR) is 77.9 cm³/mol. The maximum Gasteiger partial charge on any atom is 0.167 e. The number of nitrogens with two attached hydrogens (primary N) is 1. The van der Waals surface area contributed by atoms with Gasteiger partial charge >= 0.3 is 0 Å². The number of benzene rings is 1. The number of nitrogen functional groups attached to an aromatic ring is 1. The van der Waals surface area contributed by atoms with Gasteiger partial charge in [-0.2, -0.15) is 5.10 Å². The van der Waals surface area contributed by atoms with Crippen molar-refractivity contribution in [2.45, 2.75) is 19.9 Å². The fraction of sp³-hybridized carbons (Fsp3) is 0.200. The van der Waals surface area contributed by atoms with E-state index in [1.807, 2.05) is 13.8 Å². The summed E-state index contributed by atoms with van der Waals surface area (Å²) >= 11 is 0. The Morgan fingerprint density at radius 2 is 1.86 bits per heavy atom. The van der Waals surface area contributed by atoms with Gasteiger partial charge in [0.15, 0.2) is 5.76 Å². The molecular formula is C15H15FN4O. The minimum absolute atomic E-state index is 0.169. The van der Waals surface area contributed by atoms with Gasteiger partial charge in [0.25, 0.3) is 0 Å². The summed E-state index contributed by atoms with van der Waals surface area (Å²) in [6.07, 6.45) is 0. The molecule has 6 heteroatoms. The normalized spacial score (nSPS) is 11.2. The third-order valence-electron chi connectivity index (χ3n) is 3.16. The molecule has 3 rings (SSSR count). The van der Waals surface area contributed by atoms with Crippen LogP contribution in [0, 0.1) is 5.82 Å². The second kappa shape index (κ2) is 5.05. The summed E-state index contributed by atoms with van der Waals surface area (Å²) < 4.78 is 19.9. The highest BCUT2D eigenvalue weighted by atomic mass is 19.1. The van der Waals surface area contributed by atoms with E-state index in [4.69, 9.17) is 10.3 Å². The van der Waals surface area contributed by atoms with Crippen molar-refractivity contribution in [3.05, 3.63) is 42.2 Å². The number of hydrogen-bond donors (Lipinski definition) is 1. The van der Waals surface area contributed by atoms with E-state index in [1.54, 1.807) is 28.9 Å². The van der Waals surface area contributed by atoms with Crippen LogP contribution in [0.5, 0.6) is 0 Å². The van der Waals surface area contributed by atoms with Crippen LogP contribution in [-0.4, -0.2) is 14.9 Å². The second-order valence-electron chi connectivity index (χ2n) is 5.08. The lowest BCUT2D eigenvalue weighted by Gasteiger charge is -2.06. The van der Waals surface area contributed by atoms with Crippen LogP contribution in [0.4, 0.5) is 10.2 Å². The van der Waals surface area contributed by atoms with Crippen molar-refractivity contribution in [3.8, 4) is 22.7 Å². The Kier molecular flexibility index (Phi) is 3.21. The van der Waals surface area contributed by atoms with Gasteiger partial charge in [-0.3, -0.25) is 0 Å². The average Bonchev–Trinajstić information content (AvgIpc) is 3.06. The molecule has 0 saturated heterocycles. The highest BCUT2D eigenvalue weighted by Crippen LogP contribution is 2.27. The third kappa shape index (κ3) is 2.52. The number of aromatic nitrogens is 3. The standard InChI is InChI=1S/C15H15FN4O/c1-9(2)20-15(17)8-12(18-20)13-7-14(21-19-13)10-3-5-11(16)6-4-10/h3-9H,17H2,1-2H3. The lowest BCUT2D eigenvalue weighted by atomic mass is 10.1. The molecule has 0 amide bonds. The maximum absolute atomic E-state index is 12.9. The fourth-order valence-corrected chi connectivity index (χ4v) is 2.09. The molecule has 108 valence electrons. The highest BCUT2D eigenvalue weighted by Gasteiger charge is 2.14. The van der Waals surface area contributed by atoms with Gasteiger partial charge in [-0.15, -0.1) is 0 Å². The van der Waals surface area contributed by atoms with Crippen LogP contribution < -0.4 is 5.73 Å². The lowest BCUT2D eigenvalue weighted by molar-refractivity contribution is 0.434. The predicted octanol–water partition coefficient (Wildman–Crippen LogP) is 3.51. The topological polar surface area (TPSA) is 69.9 Å². The minimum Gasteiger partial charge on any atom is -0.384 e. The van der Waals surface area contributed by atoms with Gasteiger partial charge < -0.3 is 10.3 Å². The molecule has 21 heavy (non-hydrogen) atoms. The molecule has 0 aliphatic carbocycles. The van der Waals surface area contributed by atoms with E-state index < -0.39 is 0 Å². The number of rotatable bonds is 3. The summed E-state index contributed by atoms with van der Waals surface area (Å²) in [5, 5.41) is 8.41. The number of anilines is 1. The summed E-state index contributed by atoms with van der Waals surface area (Å²) in [7, 11) is 0. The Labute approximate surface area is 121 Å². The quantitative estimate of drug-likeness (QED) is 0.800. The molecule has 0 aliphatic rings. The van der Waals surface area contributed by atoms with Crippen molar-refractivity contribution in [2.75, 3.05) is 5.73 Å². The minimum atomic E-state index is -0.290. The fourth-order valence-electron chi connectivity index (χ4n) is 2.09. The van der Waals surface area contributed by atoms with Gasteiger partial charge in [-0.1, -0.05) is 5.16 Å². The largest absolute Gasteiger partial charge is 0.384 e. The van der Waals surface area contributed by atoms with Gasteiger partial charge in [-0.25, -0.2) is 9.07 Å². The van der Waals surface area contributed by atoms with Crippen LogP contribution in [0.25, 0.3) is 22.7 Å². The zero-order valence-corrected chi connectivity index (χ0v) is 11.7. The molecule has 0 aliphatic heterocycles. The van der Waals surface area contributed by atoms with E-state index in [1.165, 1.54) is 12.1 Å². The van der Waals surface area contributed by atoms with E-state index in [2.05, 4.69) is 10.3 Å². The Bertz CT molecular complexity index is 758. The third-order valence-corrected chi connectivity index (χ3v) is 3.16. The van der Waals surface area contributed by atoms with Crippen LogP contribution in [0.3, 0.4) is 0 Å². The summed E-state index contributed by atoms with van der Waals surface area (Å²) in [6.45, 7) is 4.00. The average molecular weight is 286 g/mol. The van der Waals surface area contributed by atoms with Gasteiger partial charge in [0.2, 0.25) is 0 Å². The van der Waals surface area contributed by atoms with Crippen LogP contribution in [0.15, 0.2) is 40.9 Å². The SMILES string of the molecule is CC(C)n1nc(-c2cc(-c3ccc(F)cc3)on2)cc1N. The molecule has 0 saturated carbocycles. The van der Waals surface area contributed by atoms with Gasteiger partial charge in [0.1, 0.15) is 23.0 Å². The molecular weight excluding hydrogens is 271 g/mol. The van der Waals surface area contributed by atoms with E-state index in [-0.39, 0.29) is 11.9 Å². The molecule has 2 heterocycles. The smallest absolute Gasteiger partial charge is 0.167 e. The zero-order valence-electron chi connectivity index (χ0n) is 11.7. The van der Waals surface area contributed by atoms with Gasteiger partial charge in [0, 0.05) is 23.7 Å². The van der Waals surface area contributed by atoms with E-state index in [0.717, 1.165) is 5.56 Å². The summed E-state index contributed by atoms with van der Waals surface area (Å²) in [4.78, 5) is 0.